The molecule has 0 atom stereocenters. The summed E-state index contributed by atoms with van der Waals surface area (Å²) in [6, 6.07) is 6.71. The van der Waals surface area contributed by atoms with Gasteiger partial charge in [0, 0.05) is 6.07 Å². The van der Waals surface area contributed by atoms with Gasteiger partial charge in [-0.2, -0.15) is 0 Å². The highest BCUT2D eigenvalue weighted by Gasteiger charge is 1.90. The monoisotopic (exact) mass is 125 g/mol. The Hall–Kier alpha value is -1.05. The Bertz CT molecular complexity index is 198. The maximum atomic E-state index is 12.2. The van der Waals surface area contributed by atoms with Crippen LogP contribution < -0.4 is 4.74 Å². The van der Waals surface area contributed by atoms with Crippen LogP contribution in [0.4, 0.5) is 4.39 Å². The zero-order valence-electron chi connectivity index (χ0n) is 5.02. The minimum absolute atomic E-state index is 0.325. The molecular weight excluding hydrogens is 119 g/mol. The minimum Gasteiger partial charge on any atom is -0.497 e. The summed E-state index contributed by atoms with van der Waals surface area (Å²) < 4.78 is 17.0. The van der Waals surface area contributed by atoms with Gasteiger partial charge in [-0.15, -0.1) is 0 Å². The number of ether oxygens (including phenoxy) is 1. The summed E-state index contributed by atoms with van der Waals surface area (Å²) in [6.07, 6.45) is 0. The lowest BCUT2D eigenvalue weighted by Gasteiger charge is -1.95. The van der Waals surface area contributed by atoms with Crippen molar-refractivity contribution < 1.29 is 9.13 Å². The standard InChI is InChI=1S/C7H6FO/c1-9-7-4-2-3-6(8)5-7/h3-5H,1H3. The van der Waals surface area contributed by atoms with Crippen molar-refractivity contribution in [3.05, 3.63) is 30.1 Å². The lowest BCUT2D eigenvalue weighted by atomic mass is 10.3. The lowest BCUT2D eigenvalue weighted by Crippen LogP contribution is -1.82. The molecule has 9 heavy (non-hydrogen) atoms. The first-order chi connectivity index (χ1) is 4.33. The molecule has 1 radical (unpaired) electrons. The second-order valence-electron chi connectivity index (χ2n) is 1.59. The van der Waals surface area contributed by atoms with Gasteiger partial charge in [-0.25, -0.2) is 4.39 Å². The fourth-order valence-corrected chi connectivity index (χ4v) is 0.540. The van der Waals surface area contributed by atoms with Crippen molar-refractivity contribution in [2.24, 2.45) is 0 Å². The fraction of sp³-hybridized carbons (Fsp3) is 0.143. The van der Waals surface area contributed by atoms with Gasteiger partial charge in [0.25, 0.3) is 0 Å². The van der Waals surface area contributed by atoms with Crippen LogP contribution >= 0.6 is 0 Å². The topological polar surface area (TPSA) is 9.23 Å². The van der Waals surface area contributed by atoms with E-state index < -0.39 is 0 Å². The Morgan fingerprint density at radius 1 is 1.56 bits per heavy atom. The highest BCUT2D eigenvalue weighted by molar-refractivity contribution is 5.21. The Morgan fingerprint density at radius 2 is 2.33 bits per heavy atom. The van der Waals surface area contributed by atoms with Gasteiger partial charge >= 0.3 is 0 Å². The van der Waals surface area contributed by atoms with Gasteiger partial charge in [0.1, 0.15) is 11.6 Å². The highest BCUT2D eigenvalue weighted by Crippen LogP contribution is 2.09. The van der Waals surface area contributed by atoms with E-state index in [1.165, 1.54) is 19.2 Å². The normalized spacial score (nSPS) is 9.11. The number of hydrogen-bond donors (Lipinski definition) is 0. The predicted molar refractivity (Wildman–Crippen MR) is 31.8 cm³/mol. The summed E-state index contributed by atoms with van der Waals surface area (Å²) in [5.41, 5.74) is 0. The lowest BCUT2D eigenvalue weighted by molar-refractivity contribution is 0.411. The first kappa shape index (κ1) is 6.08. The number of halogens is 1. The summed E-state index contributed by atoms with van der Waals surface area (Å²) in [6.45, 7) is 0. The average molecular weight is 125 g/mol. The molecule has 0 heterocycles. The van der Waals surface area contributed by atoms with Crippen molar-refractivity contribution in [2.75, 3.05) is 7.11 Å². The zero-order chi connectivity index (χ0) is 6.69. The van der Waals surface area contributed by atoms with E-state index in [0.29, 0.717) is 5.75 Å². The molecule has 0 aliphatic carbocycles. The largest absolute Gasteiger partial charge is 0.497 e. The first-order valence-electron chi connectivity index (χ1n) is 2.53. The van der Waals surface area contributed by atoms with Crippen molar-refractivity contribution >= 4 is 0 Å². The van der Waals surface area contributed by atoms with Gasteiger partial charge in [-0.1, -0.05) is 0 Å². The minimum atomic E-state index is -0.325. The molecule has 0 bridgehead atoms. The number of hydrogen-bond acceptors (Lipinski definition) is 1. The summed E-state index contributed by atoms with van der Waals surface area (Å²) in [5, 5.41) is 0. The fourth-order valence-electron chi connectivity index (χ4n) is 0.540. The van der Waals surface area contributed by atoms with Crippen molar-refractivity contribution in [3.8, 4) is 5.75 Å². The Balaban J connectivity index is 2.94. The molecule has 0 amide bonds. The molecule has 0 aliphatic rings. The molecule has 0 aliphatic heterocycles. The molecule has 0 fully saturated rings. The molecule has 0 unspecified atom stereocenters. The quantitative estimate of drug-likeness (QED) is 0.554. The van der Waals surface area contributed by atoms with Crippen LogP contribution in [0.25, 0.3) is 0 Å². The van der Waals surface area contributed by atoms with Gasteiger partial charge in [0.05, 0.1) is 7.11 Å². The molecule has 0 spiro atoms. The molecule has 1 aromatic rings. The molecule has 0 N–H and O–H groups in total. The third-order valence-electron chi connectivity index (χ3n) is 0.963. The second kappa shape index (κ2) is 2.49. The highest BCUT2D eigenvalue weighted by atomic mass is 19.1. The van der Waals surface area contributed by atoms with Crippen LogP contribution in [0.5, 0.6) is 5.75 Å². The predicted octanol–water partition coefficient (Wildman–Crippen LogP) is 1.63. The Labute approximate surface area is 53.1 Å². The van der Waals surface area contributed by atoms with Crippen molar-refractivity contribution in [2.45, 2.75) is 0 Å². The second-order valence-corrected chi connectivity index (χ2v) is 1.59. The molecule has 0 aromatic heterocycles. The van der Waals surface area contributed by atoms with E-state index in [-0.39, 0.29) is 5.82 Å². The molecule has 2 heteroatoms. The molecule has 1 nitrogen and oxygen atoms in total. The average Bonchev–Trinajstić information content (AvgIpc) is 1.88. The van der Waals surface area contributed by atoms with Crippen LogP contribution in [-0.2, 0) is 0 Å². The van der Waals surface area contributed by atoms with Crippen LogP contribution in [0.15, 0.2) is 18.2 Å². The van der Waals surface area contributed by atoms with Crippen LogP contribution in [0, 0.1) is 11.9 Å². The Kier molecular flexibility index (Phi) is 1.68. The molecular formula is C7H6FO. The van der Waals surface area contributed by atoms with Crippen molar-refractivity contribution in [1.82, 2.24) is 0 Å². The number of methoxy groups -OCH3 is 1. The smallest absolute Gasteiger partial charge is 0.127 e. The first-order valence-corrected chi connectivity index (χ1v) is 2.53. The van der Waals surface area contributed by atoms with Crippen LogP contribution in [0.3, 0.4) is 0 Å². The third kappa shape index (κ3) is 1.42. The molecule has 47 valence electrons. The summed E-state index contributed by atoms with van der Waals surface area (Å²) in [5.74, 6) is 0.171. The maximum absolute atomic E-state index is 12.2. The van der Waals surface area contributed by atoms with Gasteiger partial charge in [0.15, 0.2) is 0 Å². The van der Waals surface area contributed by atoms with Crippen LogP contribution in [0.2, 0.25) is 0 Å². The van der Waals surface area contributed by atoms with Crippen molar-refractivity contribution in [1.29, 1.82) is 0 Å². The van der Waals surface area contributed by atoms with E-state index in [9.17, 15) is 4.39 Å². The zero-order valence-corrected chi connectivity index (χ0v) is 5.02. The van der Waals surface area contributed by atoms with E-state index in [2.05, 4.69) is 6.07 Å². The summed E-state index contributed by atoms with van der Waals surface area (Å²) in [4.78, 5) is 0. The molecule has 0 saturated heterocycles. The van der Waals surface area contributed by atoms with Gasteiger partial charge in [-0.3, -0.25) is 0 Å². The number of rotatable bonds is 1. The van der Waals surface area contributed by atoms with E-state index in [1.54, 1.807) is 6.07 Å². The van der Waals surface area contributed by atoms with E-state index in [4.69, 9.17) is 4.74 Å². The maximum Gasteiger partial charge on any atom is 0.127 e. The van der Waals surface area contributed by atoms with Crippen LogP contribution in [0.1, 0.15) is 0 Å². The summed E-state index contributed by atoms with van der Waals surface area (Å²) >= 11 is 0. The molecule has 1 rings (SSSR count). The van der Waals surface area contributed by atoms with Gasteiger partial charge < -0.3 is 4.74 Å². The SMILES string of the molecule is COc1c[c]cc(F)c1. The molecule has 0 saturated carbocycles. The van der Waals surface area contributed by atoms with E-state index >= 15 is 0 Å². The van der Waals surface area contributed by atoms with Crippen LogP contribution in [-0.4, -0.2) is 7.11 Å². The van der Waals surface area contributed by atoms with E-state index in [0.717, 1.165) is 0 Å². The van der Waals surface area contributed by atoms with Crippen molar-refractivity contribution in [3.63, 3.8) is 0 Å². The van der Waals surface area contributed by atoms with E-state index in [1.807, 2.05) is 0 Å². The number of benzene rings is 1. The summed E-state index contributed by atoms with van der Waals surface area (Å²) in [7, 11) is 1.49. The van der Waals surface area contributed by atoms with Gasteiger partial charge in [-0.05, 0) is 18.2 Å². The Morgan fingerprint density at radius 3 is 2.78 bits per heavy atom. The molecule has 1 aromatic carbocycles. The van der Waals surface area contributed by atoms with Gasteiger partial charge in [0.2, 0.25) is 0 Å². The third-order valence-corrected chi connectivity index (χ3v) is 0.963.